The minimum Gasteiger partial charge on any atom is -0.389 e. The van der Waals surface area contributed by atoms with Gasteiger partial charge < -0.3 is 15.8 Å². The van der Waals surface area contributed by atoms with Crippen LogP contribution in [-0.2, 0) is 9.53 Å². The van der Waals surface area contributed by atoms with Gasteiger partial charge in [-0.25, -0.2) is 4.39 Å². The van der Waals surface area contributed by atoms with Crippen molar-refractivity contribution in [3.8, 4) is 0 Å². The van der Waals surface area contributed by atoms with Crippen LogP contribution < -0.4 is 11.1 Å². The highest BCUT2D eigenvalue weighted by molar-refractivity contribution is 7.80. The lowest BCUT2D eigenvalue weighted by Crippen LogP contribution is -2.18. The van der Waals surface area contributed by atoms with Crippen LogP contribution in [0.5, 0.6) is 0 Å². The first-order valence-corrected chi connectivity index (χ1v) is 4.83. The van der Waals surface area contributed by atoms with E-state index < -0.39 is 11.7 Å². The van der Waals surface area contributed by atoms with E-state index in [1.807, 2.05) is 0 Å². The van der Waals surface area contributed by atoms with E-state index in [-0.39, 0.29) is 17.3 Å². The molecule has 0 bridgehead atoms. The Bertz CT molecular complexity index is 423. The molecule has 1 aromatic carbocycles. The lowest BCUT2D eigenvalue weighted by molar-refractivity contribution is -0.119. The second kappa shape index (κ2) is 5.53. The van der Waals surface area contributed by atoms with Crippen LogP contribution in [0.3, 0.4) is 0 Å². The smallest absolute Gasteiger partial charge is 0.250 e. The maximum Gasteiger partial charge on any atom is 0.250 e. The number of hydrogen-bond donors (Lipinski definition) is 2. The molecule has 86 valence electrons. The van der Waals surface area contributed by atoms with Gasteiger partial charge in [0.05, 0.1) is 5.69 Å². The number of benzene rings is 1. The molecular weight excluding hydrogens is 231 g/mol. The van der Waals surface area contributed by atoms with Crippen molar-refractivity contribution >= 4 is 28.8 Å². The quantitative estimate of drug-likeness (QED) is 0.774. The third-order valence-corrected chi connectivity index (χ3v) is 2.04. The minimum atomic E-state index is -0.588. The maximum atomic E-state index is 13.4. The fraction of sp³-hybridized carbons (Fsp3) is 0.200. The molecule has 1 rings (SSSR count). The molecule has 0 fully saturated rings. The molecular formula is C10H11FN2O2S. The van der Waals surface area contributed by atoms with Gasteiger partial charge in [-0.1, -0.05) is 12.2 Å². The number of hydrogen-bond acceptors (Lipinski definition) is 3. The summed E-state index contributed by atoms with van der Waals surface area (Å²) < 4.78 is 18.0. The number of nitrogens with one attached hydrogen (secondary N) is 1. The molecule has 0 radical (unpaired) electrons. The number of ether oxygens (including phenoxy) is 1. The van der Waals surface area contributed by atoms with Crippen molar-refractivity contribution in [2.24, 2.45) is 5.73 Å². The summed E-state index contributed by atoms with van der Waals surface area (Å²) >= 11 is 4.70. The first-order valence-electron chi connectivity index (χ1n) is 4.42. The fourth-order valence-corrected chi connectivity index (χ4v) is 1.21. The highest BCUT2D eigenvalue weighted by Gasteiger charge is 2.08. The Morgan fingerprint density at radius 2 is 2.31 bits per heavy atom. The lowest BCUT2D eigenvalue weighted by atomic mass is 10.2. The molecule has 16 heavy (non-hydrogen) atoms. The Morgan fingerprint density at radius 3 is 2.81 bits per heavy atom. The van der Waals surface area contributed by atoms with Gasteiger partial charge in [-0.2, -0.15) is 0 Å². The number of amides is 1. The van der Waals surface area contributed by atoms with Crippen LogP contribution in [0.4, 0.5) is 10.1 Å². The van der Waals surface area contributed by atoms with E-state index in [0.29, 0.717) is 5.56 Å². The summed E-state index contributed by atoms with van der Waals surface area (Å²) in [7, 11) is 1.38. The average molecular weight is 242 g/mol. The molecule has 0 aliphatic rings. The molecule has 0 aromatic heterocycles. The molecule has 0 aliphatic heterocycles. The van der Waals surface area contributed by atoms with Crippen LogP contribution in [0.15, 0.2) is 18.2 Å². The van der Waals surface area contributed by atoms with Crippen LogP contribution in [0.1, 0.15) is 5.56 Å². The van der Waals surface area contributed by atoms with Crippen molar-refractivity contribution in [2.45, 2.75) is 0 Å². The Morgan fingerprint density at radius 1 is 1.62 bits per heavy atom. The maximum absolute atomic E-state index is 13.4. The summed E-state index contributed by atoms with van der Waals surface area (Å²) in [5, 5.41) is 2.35. The summed E-state index contributed by atoms with van der Waals surface area (Å²) in [6, 6.07) is 4.11. The molecule has 0 heterocycles. The first-order chi connectivity index (χ1) is 7.54. The number of rotatable bonds is 4. The van der Waals surface area contributed by atoms with Gasteiger partial charge in [-0.3, -0.25) is 4.79 Å². The molecule has 6 heteroatoms. The van der Waals surface area contributed by atoms with E-state index in [9.17, 15) is 9.18 Å². The minimum absolute atomic E-state index is 0.0713. The Hall–Kier alpha value is -1.53. The highest BCUT2D eigenvalue weighted by atomic mass is 32.1. The normalized spacial score (nSPS) is 9.88. The molecule has 3 N–H and O–H groups in total. The summed E-state index contributed by atoms with van der Waals surface area (Å²) in [6.45, 7) is -0.128. The summed E-state index contributed by atoms with van der Waals surface area (Å²) in [4.78, 5) is 11.2. The highest BCUT2D eigenvalue weighted by Crippen LogP contribution is 2.15. The Labute approximate surface area is 97.6 Å². The van der Waals surface area contributed by atoms with E-state index in [0.717, 1.165) is 0 Å². The van der Waals surface area contributed by atoms with Crippen LogP contribution in [0, 0.1) is 5.82 Å². The van der Waals surface area contributed by atoms with E-state index >= 15 is 0 Å². The third kappa shape index (κ3) is 3.25. The van der Waals surface area contributed by atoms with Crippen molar-refractivity contribution < 1.29 is 13.9 Å². The van der Waals surface area contributed by atoms with E-state index in [2.05, 4.69) is 10.1 Å². The lowest BCUT2D eigenvalue weighted by Gasteiger charge is -2.07. The molecule has 0 saturated carbocycles. The third-order valence-electron chi connectivity index (χ3n) is 1.80. The van der Waals surface area contributed by atoms with Gasteiger partial charge in [0, 0.05) is 12.7 Å². The van der Waals surface area contributed by atoms with Gasteiger partial charge >= 0.3 is 0 Å². The van der Waals surface area contributed by atoms with E-state index in [1.165, 1.54) is 25.3 Å². The SMILES string of the molecule is COCC(=O)Nc1ccc(C(N)=S)cc1F. The second-order valence-electron chi connectivity index (χ2n) is 3.04. The predicted molar refractivity (Wildman–Crippen MR) is 62.8 cm³/mol. The zero-order chi connectivity index (χ0) is 12.1. The van der Waals surface area contributed by atoms with Gasteiger partial charge in [0.1, 0.15) is 17.4 Å². The Kier molecular flexibility index (Phi) is 4.33. The molecule has 1 aromatic rings. The number of nitrogens with two attached hydrogens (primary N) is 1. The largest absolute Gasteiger partial charge is 0.389 e. The van der Waals surface area contributed by atoms with Crippen molar-refractivity contribution in [3.63, 3.8) is 0 Å². The van der Waals surface area contributed by atoms with Crippen LogP contribution in [0.2, 0.25) is 0 Å². The molecule has 0 spiro atoms. The van der Waals surface area contributed by atoms with Crippen molar-refractivity contribution in [1.82, 2.24) is 0 Å². The van der Waals surface area contributed by atoms with Crippen molar-refractivity contribution in [1.29, 1.82) is 0 Å². The number of methoxy groups -OCH3 is 1. The van der Waals surface area contributed by atoms with Gasteiger partial charge in [-0.05, 0) is 18.2 Å². The molecule has 0 atom stereocenters. The topological polar surface area (TPSA) is 64.3 Å². The molecule has 0 aliphatic carbocycles. The summed E-state index contributed by atoms with van der Waals surface area (Å²) in [5.74, 6) is -1.01. The fourth-order valence-electron chi connectivity index (χ4n) is 1.09. The Balaban J connectivity index is 2.83. The summed E-state index contributed by atoms with van der Waals surface area (Å²) in [6.07, 6.45) is 0. The van der Waals surface area contributed by atoms with Gasteiger partial charge in [0.15, 0.2) is 0 Å². The molecule has 0 saturated heterocycles. The molecule has 1 amide bonds. The van der Waals surface area contributed by atoms with Gasteiger partial charge in [-0.15, -0.1) is 0 Å². The number of anilines is 1. The summed E-state index contributed by atoms with van der Waals surface area (Å²) in [5.41, 5.74) is 5.82. The number of carbonyl (C=O) groups is 1. The van der Waals surface area contributed by atoms with E-state index in [1.54, 1.807) is 0 Å². The van der Waals surface area contributed by atoms with Gasteiger partial charge in [0.2, 0.25) is 5.91 Å². The average Bonchev–Trinajstić information content (AvgIpc) is 2.21. The second-order valence-corrected chi connectivity index (χ2v) is 3.48. The number of thiocarbonyl (C=S) groups is 1. The van der Waals surface area contributed by atoms with Crippen molar-refractivity contribution in [2.75, 3.05) is 19.0 Å². The van der Waals surface area contributed by atoms with Crippen LogP contribution in [-0.4, -0.2) is 24.6 Å². The first kappa shape index (κ1) is 12.5. The standard InChI is InChI=1S/C10H11FN2O2S/c1-15-5-9(14)13-8-3-2-6(10(12)16)4-7(8)11/h2-4H,5H2,1H3,(H2,12,16)(H,13,14). The van der Waals surface area contributed by atoms with Crippen molar-refractivity contribution in [3.05, 3.63) is 29.6 Å². The number of halogens is 1. The molecule has 4 nitrogen and oxygen atoms in total. The monoisotopic (exact) mass is 242 g/mol. The van der Waals surface area contributed by atoms with Crippen LogP contribution >= 0.6 is 12.2 Å². The van der Waals surface area contributed by atoms with Crippen LogP contribution in [0.25, 0.3) is 0 Å². The predicted octanol–water partition coefficient (Wildman–Crippen LogP) is 1.04. The zero-order valence-electron chi connectivity index (χ0n) is 8.62. The van der Waals surface area contributed by atoms with E-state index in [4.69, 9.17) is 18.0 Å². The van der Waals surface area contributed by atoms with Gasteiger partial charge in [0.25, 0.3) is 0 Å². The number of carbonyl (C=O) groups excluding carboxylic acids is 1. The zero-order valence-corrected chi connectivity index (χ0v) is 9.44. The molecule has 0 unspecified atom stereocenters.